The van der Waals surface area contributed by atoms with Crippen molar-refractivity contribution < 1.29 is 4.74 Å². The first kappa shape index (κ1) is 10.7. The molecule has 88 valence electrons. The fourth-order valence-electron chi connectivity index (χ4n) is 2.10. The van der Waals surface area contributed by atoms with Gasteiger partial charge in [0.2, 0.25) is 0 Å². The maximum absolute atomic E-state index is 5.73. The Hall–Kier alpha value is -1.48. The number of imidazole rings is 1. The van der Waals surface area contributed by atoms with E-state index in [4.69, 9.17) is 16.3 Å². The molecule has 1 aliphatic rings. The number of nitrogens with one attached hydrogen (secondary N) is 1. The standard InChI is InChI=1S/C13H13ClN2O/c14-7-13-15-8-11(16-13)9-3-4-12-10(6-9)2-1-5-17-12/h3-4,6,8H,1-2,5,7H2,(H,15,16). The molecule has 0 aliphatic carbocycles. The zero-order valence-electron chi connectivity index (χ0n) is 9.37. The highest BCUT2D eigenvalue weighted by atomic mass is 35.5. The first-order chi connectivity index (χ1) is 8.36. The van der Waals surface area contributed by atoms with E-state index in [1.807, 2.05) is 12.3 Å². The van der Waals surface area contributed by atoms with E-state index < -0.39 is 0 Å². The number of halogens is 1. The van der Waals surface area contributed by atoms with Crippen molar-refractivity contribution >= 4 is 11.6 Å². The van der Waals surface area contributed by atoms with Crippen LogP contribution in [-0.2, 0) is 12.3 Å². The number of aryl methyl sites for hydroxylation is 1. The molecular formula is C13H13ClN2O. The van der Waals surface area contributed by atoms with Crippen molar-refractivity contribution in [1.29, 1.82) is 0 Å². The highest BCUT2D eigenvalue weighted by molar-refractivity contribution is 6.16. The number of fused-ring (bicyclic) bond motifs is 1. The molecule has 3 rings (SSSR count). The molecule has 1 aromatic heterocycles. The number of rotatable bonds is 2. The maximum atomic E-state index is 5.73. The van der Waals surface area contributed by atoms with Gasteiger partial charge < -0.3 is 9.72 Å². The maximum Gasteiger partial charge on any atom is 0.122 e. The molecule has 2 aromatic rings. The molecule has 17 heavy (non-hydrogen) atoms. The van der Waals surface area contributed by atoms with Crippen LogP contribution in [0.5, 0.6) is 5.75 Å². The van der Waals surface area contributed by atoms with Crippen molar-refractivity contribution in [3.63, 3.8) is 0 Å². The normalized spacial score (nSPS) is 14.2. The van der Waals surface area contributed by atoms with Crippen LogP contribution in [0, 0.1) is 0 Å². The molecule has 0 fully saturated rings. The van der Waals surface area contributed by atoms with Crippen LogP contribution in [-0.4, -0.2) is 16.6 Å². The summed E-state index contributed by atoms with van der Waals surface area (Å²) in [7, 11) is 0. The third-order valence-electron chi connectivity index (χ3n) is 2.97. The van der Waals surface area contributed by atoms with Gasteiger partial charge in [0, 0.05) is 5.56 Å². The molecule has 0 spiro atoms. The van der Waals surface area contributed by atoms with E-state index in [0.717, 1.165) is 42.3 Å². The Morgan fingerprint density at radius 3 is 3.18 bits per heavy atom. The Morgan fingerprint density at radius 2 is 2.35 bits per heavy atom. The summed E-state index contributed by atoms with van der Waals surface area (Å²) >= 11 is 5.73. The van der Waals surface area contributed by atoms with E-state index in [2.05, 4.69) is 22.1 Å². The number of nitrogens with zero attached hydrogens (tertiary/aromatic N) is 1. The number of benzene rings is 1. The molecule has 0 saturated carbocycles. The molecule has 0 saturated heterocycles. The average molecular weight is 249 g/mol. The monoisotopic (exact) mass is 248 g/mol. The molecule has 4 heteroatoms. The fourth-order valence-corrected chi connectivity index (χ4v) is 2.24. The third-order valence-corrected chi connectivity index (χ3v) is 3.23. The lowest BCUT2D eigenvalue weighted by Gasteiger charge is -2.17. The van der Waals surface area contributed by atoms with Crippen molar-refractivity contribution in [2.75, 3.05) is 6.61 Å². The lowest BCUT2D eigenvalue weighted by molar-refractivity contribution is 0.288. The van der Waals surface area contributed by atoms with Gasteiger partial charge in [0.15, 0.2) is 0 Å². The number of ether oxygens (including phenoxy) is 1. The summed E-state index contributed by atoms with van der Waals surface area (Å²) in [5, 5.41) is 0. The highest BCUT2D eigenvalue weighted by Gasteiger charge is 2.12. The lowest BCUT2D eigenvalue weighted by atomic mass is 10.0. The predicted molar refractivity (Wildman–Crippen MR) is 67.4 cm³/mol. The van der Waals surface area contributed by atoms with Crippen molar-refractivity contribution in [1.82, 2.24) is 9.97 Å². The molecule has 0 amide bonds. The highest BCUT2D eigenvalue weighted by Crippen LogP contribution is 2.29. The number of H-pyrrole nitrogens is 1. The molecule has 3 nitrogen and oxygen atoms in total. The van der Waals surface area contributed by atoms with Gasteiger partial charge in [0.05, 0.1) is 24.4 Å². The Balaban J connectivity index is 1.97. The minimum Gasteiger partial charge on any atom is -0.493 e. The second kappa shape index (κ2) is 4.41. The van der Waals surface area contributed by atoms with Crippen LogP contribution in [0.1, 0.15) is 17.8 Å². The van der Waals surface area contributed by atoms with E-state index in [1.165, 1.54) is 5.56 Å². The summed E-state index contributed by atoms with van der Waals surface area (Å²) in [5.41, 5.74) is 3.42. The molecule has 2 heterocycles. The Labute approximate surface area is 105 Å². The van der Waals surface area contributed by atoms with Gasteiger partial charge in [0.25, 0.3) is 0 Å². The molecular weight excluding hydrogens is 236 g/mol. The summed E-state index contributed by atoms with van der Waals surface area (Å²) in [6.07, 6.45) is 4.00. The molecule has 0 radical (unpaired) electrons. The summed E-state index contributed by atoms with van der Waals surface area (Å²) < 4.78 is 5.59. The molecule has 1 aliphatic heterocycles. The summed E-state index contributed by atoms with van der Waals surface area (Å²) in [4.78, 5) is 7.41. The van der Waals surface area contributed by atoms with Crippen LogP contribution in [0.25, 0.3) is 11.3 Å². The number of alkyl halides is 1. The molecule has 0 unspecified atom stereocenters. The lowest BCUT2D eigenvalue weighted by Crippen LogP contribution is -2.08. The fraction of sp³-hybridized carbons (Fsp3) is 0.308. The Kier molecular flexibility index (Phi) is 2.77. The number of hydrogen-bond acceptors (Lipinski definition) is 2. The minimum atomic E-state index is 0.411. The summed E-state index contributed by atoms with van der Waals surface area (Å²) in [5.74, 6) is 2.22. The SMILES string of the molecule is ClCc1ncc(-c2ccc3c(c2)CCCO3)[nH]1. The van der Waals surface area contributed by atoms with Gasteiger partial charge in [-0.25, -0.2) is 4.98 Å². The zero-order chi connectivity index (χ0) is 11.7. The topological polar surface area (TPSA) is 37.9 Å². The number of aromatic nitrogens is 2. The second-order valence-corrected chi connectivity index (χ2v) is 4.42. The van der Waals surface area contributed by atoms with E-state index in [0.29, 0.717) is 5.88 Å². The van der Waals surface area contributed by atoms with Gasteiger partial charge in [0.1, 0.15) is 11.6 Å². The van der Waals surface area contributed by atoms with Crippen molar-refractivity contribution in [3.05, 3.63) is 35.8 Å². The van der Waals surface area contributed by atoms with Gasteiger partial charge >= 0.3 is 0 Å². The van der Waals surface area contributed by atoms with Gasteiger partial charge in [-0.05, 0) is 36.6 Å². The smallest absolute Gasteiger partial charge is 0.122 e. The number of hydrogen-bond donors (Lipinski definition) is 1. The number of aromatic amines is 1. The Morgan fingerprint density at radius 1 is 1.41 bits per heavy atom. The predicted octanol–water partition coefficient (Wildman–Crippen LogP) is 3.14. The molecule has 1 aromatic carbocycles. The van der Waals surface area contributed by atoms with Crippen LogP contribution in [0.3, 0.4) is 0 Å². The van der Waals surface area contributed by atoms with Crippen LogP contribution in [0.15, 0.2) is 24.4 Å². The van der Waals surface area contributed by atoms with Gasteiger partial charge in [-0.2, -0.15) is 0 Å². The van der Waals surface area contributed by atoms with Crippen molar-refractivity contribution in [2.24, 2.45) is 0 Å². The van der Waals surface area contributed by atoms with Crippen LogP contribution in [0.4, 0.5) is 0 Å². The molecule has 1 N–H and O–H groups in total. The third kappa shape index (κ3) is 2.03. The molecule has 0 bridgehead atoms. The first-order valence-corrected chi connectivity index (χ1v) is 6.26. The van der Waals surface area contributed by atoms with E-state index in [9.17, 15) is 0 Å². The van der Waals surface area contributed by atoms with E-state index in [1.54, 1.807) is 0 Å². The van der Waals surface area contributed by atoms with Gasteiger partial charge in [-0.1, -0.05) is 0 Å². The largest absolute Gasteiger partial charge is 0.493 e. The zero-order valence-corrected chi connectivity index (χ0v) is 10.1. The van der Waals surface area contributed by atoms with E-state index >= 15 is 0 Å². The summed E-state index contributed by atoms with van der Waals surface area (Å²) in [6, 6.07) is 6.25. The van der Waals surface area contributed by atoms with Crippen molar-refractivity contribution in [3.8, 4) is 17.0 Å². The van der Waals surface area contributed by atoms with Crippen molar-refractivity contribution in [2.45, 2.75) is 18.7 Å². The first-order valence-electron chi connectivity index (χ1n) is 5.73. The minimum absolute atomic E-state index is 0.411. The van der Waals surface area contributed by atoms with Crippen LogP contribution in [0.2, 0.25) is 0 Å². The quantitative estimate of drug-likeness (QED) is 0.829. The van der Waals surface area contributed by atoms with Gasteiger partial charge in [-0.3, -0.25) is 0 Å². The van der Waals surface area contributed by atoms with Crippen LogP contribution >= 0.6 is 11.6 Å². The molecule has 0 atom stereocenters. The Bertz CT molecular complexity index is 536. The van der Waals surface area contributed by atoms with E-state index in [-0.39, 0.29) is 0 Å². The second-order valence-electron chi connectivity index (χ2n) is 4.15. The average Bonchev–Trinajstić information content (AvgIpc) is 2.87. The van der Waals surface area contributed by atoms with Crippen LogP contribution < -0.4 is 4.74 Å². The summed E-state index contributed by atoms with van der Waals surface area (Å²) in [6.45, 7) is 0.826. The van der Waals surface area contributed by atoms with Gasteiger partial charge in [-0.15, -0.1) is 11.6 Å².